The molecule has 0 aliphatic rings. The predicted octanol–water partition coefficient (Wildman–Crippen LogP) is 4.20. The highest BCUT2D eigenvalue weighted by atomic mass is 32.2. The van der Waals surface area contributed by atoms with Gasteiger partial charge in [0.1, 0.15) is 11.6 Å². The highest BCUT2D eigenvalue weighted by molar-refractivity contribution is 7.98. The maximum atomic E-state index is 13.7. The quantitative estimate of drug-likeness (QED) is 0.214. The molecule has 0 fully saturated rings. The molecule has 3 aromatic carbocycles. The van der Waals surface area contributed by atoms with Gasteiger partial charge in [-0.25, -0.2) is 9.37 Å². The highest BCUT2D eigenvalue weighted by Crippen LogP contribution is 2.26. The Morgan fingerprint density at radius 1 is 1.09 bits per heavy atom. The fourth-order valence-corrected chi connectivity index (χ4v) is 4.46. The van der Waals surface area contributed by atoms with Crippen molar-refractivity contribution in [2.24, 2.45) is 0 Å². The van der Waals surface area contributed by atoms with Crippen molar-refractivity contribution in [1.29, 1.82) is 0 Å². The van der Waals surface area contributed by atoms with E-state index in [1.54, 1.807) is 62.8 Å². The van der Waals surface area contributed by atoms with Gasteiger partial charge in [0.05, 0.1) is 30.3 Å². The molecule has 0 bridgehead atoms. The number of aromatic nitrogens is 2. The van der Waals surface area contributed by atoms with Gasteiger partial charge < -0.3 is 14.8 Å². The first-order valence-corrected chi connectivity index (χ1v) is 11.8. The average Bonchev–Trinajstić information content (AvgIpc) is 2.87. The fourth-order valence-electron chi connectivity index (χ4n) is 3.51. The molecule has 0 saturated carbocycles. The van der Waals surface area contributed by atoms with Gasteiger partial charge in [0.25, 0.3) is 11.5 Å². The molecule has 7 nitrogen and oxygen atoms in total. The van der Waals surface area contributed by atoms with Crippen molar-refractivity contribution in [2.75, 3.05) is 27.4 Å². The van der Waals surface area contributed by atoms with Gasteiger partial charge in [-0.1, -0.05) is 23.9 Å². The van der Waals surface area contributed by atoms with Crippen molar-refractivity contribution in [2.45, 2.75) is 10.9 Å². The van der Waals surface area contributed by atoms with Crippen LogP contribution < -0.4 is 15.6 Å². The number of nitrogens with one attached hydrogen (secondary N) is 1. The molecule has 35 heavy (non-hydrogen) atoms. The summed E-state index contributed by atoms with van der Waals surface area (Å²) in [6.07, 6.45) is 0. The van der Waals surface area contributed by atoms with Crippen LogP contribution in [-0.2, 0) is 10.5 Å². The van der Waals surface area contributed by atoms with Gasteiger partial charge in [-0.05, 0) is 60.2 Å². The minimum Gasteiger partial charge on any atom is -0.497 e. The summed E-state index contributed by atoms with van der Waals surface area (Å²) in [5.74, 6) is 0.460. The minimum absolute atomic E-state index is 0.270. The zero-order valence-corrected chi connectivity index (χ0v) is 20.1. The molecule has 0 atom stereocenters. The molecule has 0 saturated heterocycles. The number of thioether (sulfide) groups is 1. The molecule has 4 rings (SSSR count). The van der Waals surface area contributed by atoms with E-state index in [-0.39, 0.29) is 17.3 Å². The third-order valence-corrected chi connectivity index (χ3v) is 6.29. The Bertz CT molecular complexity index is 1410. The topological polar surface area (TPSA) is 82.5 Å². The van der Waals surface area contributed by atoms with E-state index in [1.165, 1.54) is 28.5 Å². The lowest BCUT2D eigenvalue weighted by atomic mass is 10.1. The molecule has 9 heteroatoms. The van der Waals surface area contributed by atoms with Crippen molar-refractivity contribution >= 4 is 28.6 Å². The summed E-state index contributed by atoms with van der Waals surface area (Å²) in [6.45, 7) is 0.764. The first-order chi connectivity index (χ1) is 17.0. The Kier molecular flexibility index (Phi) is 7.79. The first kappa shape index (κ1) is 24.4. The molecule has 0 aliphatic carbocycles. The van der Waals surface area contributed by atoms with E-state index in [0.717, 1.165) is 5.56 Å². The third kappa shape index (κ3) is 5.70. The summed E-state index contributed by atoms with van der Waals surface area (Å²) in [4.78, 5) is 30.8. The number of carbonyl (C=O) groups is 1. The van der Waals surface area contributed by atoms with Crippen molar-refractivity contribution in [3.63, 3.8) is 0 Å². The second kappa shape index (κ2) is 11.2. The number of hydrogen-bond acceptors (Lipinski definition) is 6. The van der Waals surface area contributed by atoms with Gasteiger partial charge >= 0.3 is 0 Å². The van der Waals surface area contributed by atoms with E-state index in [1.807, 2.05) is 6.07 Å². The zero-order chi connectivity index (χ0) is 24.8. The first-order valence-electron chi connectivity index (χ1n) is 10.9. The number of rotatable bonds is 9. The lowest BCUT2D eigenvalue weighted by molar-refractivity contribution is 0.0937. The molecular weight excluding hydrogens is 469 g/mol. The van der Waals surface area contributed by atoms with E-state index in [9.17, 15) is 14.0 Å². The molecule has 1 N–H and O–H groups in total. The number of hydrogen-bond donors (Lipinski definition) is 1. The Hall–Kier alpha value is -3.69. The Morgan fingerprint density at radius 2 is 1.89 bits per heavy atom. The maximum Gasteiger partial charge on any atom is 0.266 e. The second-order valence-electron chi connectivity index (χ2n) is 7.63. The van der Waals surface area contributed by atoms with E-state index >= 15 is 0 Å². The van der Waals surface area contributed by atoms with Gasteiger partial charge in [-0.3, -0.25) is 14.2 Å². The van der Waals surface area contributed by atoms with Gasteiger partial charge in [0.15, 0.2) is 5.16 Å². The Balaban J connectivity index is 1.77. The summed E-state index contributed by atoms with van der Waals surface area (Å²) in [5.41, 5.74) is 1.91. The second-order valence-corrected chi connectivity index (χ2v) is 8.57. The van der Waals surface area contributed by atoms with Crippen molar-refractivity contribution in [3.05, 3.63) is 94.0 Å². The molecular formula is C26H24FN3O4S. The number of amides is 1. The maximum absolute atomic E-state index is 13.7. The molecule has 0 aliphatic heterocycles. The Labute approximate surface area is 205 Å². The van der Waals surface area contributed by atoms with Crippen LogP contribution in [0.3, 0.4) is 0 Å². The zero-order valence-electron chi connectivity index (χ0n) is 19.3. The van der Waals surface area contributed by atoms with Crippen molar-refractivity contribution < 1.29 is 18.7 Å². The molecule has 1 heterocycles. The summed E-state index contributed by atoms with van der Waals surface area (Å²) < 4.78 is 25.4. The number of ether oxygens (including phenoxy) is 2. The normalized spacial score (nSPS) is 10.9. The van der Waals surface area contributed by atoms with E-state index in [2.05, 4.69) is 5.32 Å². The van der Waals surface area contributed by atoms with Crippen LogP contribution in [0.25, 0.3) is 16.6 Å². The van der Waals surface area contributed by atoms with Crippen molar-refractivity contribution in [3.8, 4) is 11.4 Å². The lowest BCUT2D eigenvalue weighted by Crippen LogP contribution is -2.27. The van der Waals surface area contributed by atoms with Crippen molar-refractivity contribution in [1.82, 2.24) is 14.9 Å². The molecule has 1 amide bonds. The number of benzene rings is 3. The molecule has 0 spiro atoms. The van der Waals surface area contributed by atoms with Crippen LogP contribution in [0, 0.1) is 5.82 Å². The molecule has 0 unspecified atom stereocenters. The molecule has 4 aromatic rings. The van der Waals surface area contributed by atoms with Gasteiger partial charge in [-0.2, -0.15) is 0 Å². The van der Waals surface area contributed by atoms with Gasteiger partial charge in [0, 0.05) is 25.0 Å². The SMILES string of the molecule is COCCNC(=O)c1ccc2c(=O)n(-c3ccc(OC)cc3)c(SCc3cccc(F)c3)nc2c1. The number of halogens is 1. The van der Waals surface area contributed by atoms with Gasteiger partial charge in [-0.15, -0.1) is 0 Å². The summed E-state index contributed by atoms with van der Waals surface area (Å²) in [7, 11) is 3.13. The summed E-state index contributed by atoms with van der Waals surface area (Å²) >= 11 is 1.31. The number of methoxy groups -OCH3 is 2. The number of nitrogens with zero attached hydrogens (tertiary/aromatic N) is 2. The molecule has 0 radical (unpaired) electrons. The van der Waals surface area contributed by atoms with Crippen LogP contribution in [-0.4, -0.2) is 42.8 Å². The van der Waals surface area contributed by atoms with Crippen LogP contribution in [0.4, 0.5) is 4.39 Å². The predicted molar refractivity (Wildman–Crippen MR) is 134 cm³/mol. The standard InChI is InChI=1S/C26H24FN3O4S/c1-33-13-12-28-24(31)18-6-11-22-23(15-18)29-26(35-16-17-4-3-5-19(27)14-17)30(25(22)32)20-7-9-21(34-2)10-8-20/h3-11,14-15H,12-13,16H2,1-2H3,(H,28,31). The monoisotopic (exact) mass is 493 g/mol. The van der Waals surface area contributed by atoms with E-state index < -0.39 is 0 Å². The Morgan fingerprint density at radius 3 is 2.60 bits per heavy atom. The average molecular weight is 494 g/mol. The third-order valence-electron chi connectivity index (χ3n) is 5.28. The summed E-state index contributed by atoms with van der Waals surface area (Å²) in [6, 6.07) is 18.2. The largest absolute Gasteiger partial charge is 0.497 e. The van der Waals surface area contributed by atoms with E-state index in [4.69, 9.17) is 14.5 Å². The lowest BCUT2D eigenvalue weighted by Gasteiger charge is -2.14. The van der Waals surface area contributed by atoms with Gasteiger partial charge in [0.2, 0.25) is 0 Å². The fraction of sp³-hybridized carbons (Fsp3) is 0.192. The summed E-state index contributed by atoms with van der Waals surface area (Å²) in [5, 5.41) is 3.57. The number of carbonyl (C=O) groups excluding carboxylic acids is 1. The van der Waals surface area contributed by atoms with E-state index in [0.29, 0.717) is 52.0 Å². The van der Waals surface area contributed by atoms with Crippen LogP contribution >= 0.6 is 11.8 Å². The smallest absolute Gasteiger partial charge is 0.266 e. The van der Waals surface area contributed by atoms with Crippen LogP contribution in [0.1, 0.15) is 15.9 Å². The molecule has 1 aromatic heterocycles. The highest BCUT2D eigenvalue weighted by Gasteiger charge is 2.16. The number of fused-ring (bicyclic) bond motifs is 1. The van der Waals surface area contributed by atoms with Crippen LogP contribution in [0.15, 0.2) is 76.7 Å². The van der Waals surface area contributed by atoms with Crippen LogP contribution in [0.5, 0.6) is 5.75 Å². The minimum atomic E-state index is -0.328. The van der Waals surface area contributed by atoms with Crippen LogP contribution in [0.2, 0.25) is 0 Å². The molecule has 180 valence electrons.